The van der Waals surface area contributed by atoms with E-state index in [9.17, 15) is 9.18 Å². The lowest BCUT2D eigenvalue weighted by Crippen LogP contribution is -2.51. The molecule has 1 atom stereocenters. The van der Waals surface area contributed by atoms with Crippen molar-refractivity contribution in [1.29, 1.82) is 0 Å². The number of hydrogen-bond acceptors (Lipinski definition) is 2. The molecule has 0 unspecified atom stereocenters. The number of anilines is 1. The van der Waals surface area contributed by atoms with E-state index in [0.717, 1.165) is 13.1 Å². The first-order valence-electron chi connectivity index (χ1n) is 10.7. The quantitative estimate of drug-likeness (QED) is 0.618. The summed E-state index contributed by atoms with van der Waals surface area (Å²) in [7, 11) is 0. The molecule has 5 heteroatoms. The minimum Gasteiger partial charge on any atom is -0.322 e. The fraction of sp³-hybridized carbons (Fsp3) is 0.269. The minimum absolute atomic E-state index is 0.151. The Labute approximate surface area is 183 Å². The molecule has 0 aliphatic carbocycles. The van der Waals surface area contributed by atoms with Gasteiger partial charge in [-0.15, -0.1) is 0 Å². The van der Waals surface area contributed by atoms with Crippen LogP contribution in [-0.4, -0.2) is 42.0 Å². The summed E-state index contributed by atoms with van der Waals surface area (Å²) in [6.07, 6.45) is 0. The average molecular weight is 418 g/mol. The fourth-order valence-electron chi connectivity index (χ4n) is 4.05. The highest BCUT2D eigenvalue weighted by molar-refractivity contribution is 5.89. The largest absolute Gasteiger partial charge is 0.322 e. The normalized spacial score (nSPS) is 15.5. The molecule has 3 aromatic carbocycles. The lowest BCUT2D eigenvalue weighted by Gasteiger charge is -2.39. The summed E-state index contributed by atoms with van der Waals surface area (Å²) >= 11 is 0. The number of nitrogens with one attached hydrogen (secondary N) is 1. The van der Waals surface area contributed by atoms with Crippen LogP contribution in [0.25, 0.3) is 0 Å². The first kappa shape index (κ1) is 21.1. The maximum atomic E-state index is 13.8. The zero-order valence-corrected chi connectivity index (χ0v) is 18.0. The zero-order chi connectivity index (χ0) is 21.8. The Balaban J connectivity index is 1.45. The second-order valence-electron chi connectivity index (χ2n) is 8.14. The first-order chi connectivity index (χ1) is 15.0. The van der Waals surface area contributed by atoms with Gasteiger partial charge in [0.1, 0.15) is 5.82 Å². The summed E-state index contributed by atoms with van der Waals surface area (Å²) in [5, 5.41) is 2.82. The molecule has 3 aromatic rings. The highest BCUT2D eigenvalue weighted by Gasteiger charge is 2.28. The van der Waals surface area contributed by atoms with Crippen molar-refractivity contribution < 1.29 is 9.18 Å². The van der Waals surface area contributed by atoms with E-state index in [4.69, 9.17) is 0 Å². The molecule has 1 aliphatic heterocycles. The Hall–Kier alpha value is -3.18. The van der Waals surface area contributed by atoms with Gasteiger partial charge in [-0.1, -0.05) is 66.2 Å². The Kier molecular flexibility index (Phi) is 6.33. The van der Waals surface area contributed by atoms with Gasteiger partial charge < -0.3 is 10.2 Å². The van der Waals surface area contributed by atoms with E-state index in [-0.39, 0.29) is 17.9 Å². The van der Waals surface area contributed by atoms with Crippen molar-refractivity contribution in [1.82, 2.24) is 9.80 Å². The van der Waals surface area contributed by atoms with Crippen LogP contribution in [0.3, 0.4) is 0 Å². The van der Waals surface area contributed by atoms with Crippen LogP contribution in [0, 0.1) is 19.7 Å². The van der Waals surface area contributed by atoms with E-state index in [1.54, 1.807) is 24.0 Å². The minimum atomic E-state index is -0.313. The van der Waals surface area contributed by atoms with Crippen molar-refractivity contribution in [3.8, 4) is 0 Å². The smallest absolute Gasteiger partial charge is 0.321 e. The average Bonchev–Trinajstić information content (AvgIpc) is 2.79. The number of benzene rings is 3. The lowest BCUT2D eigenvalue weighted by atomic mass is 9.95. The Bertz CT molecular complexity index is 1030. The van der Waals surface area contributed by atoms with Crippen LogP contribution in [0.5, 0.6) is 0 Å². The summed E-state index contributed by atoms with van der Waals surface area (Å²) in [6.45, 7) is 6.58. The van der Waals surface area contributed by atoms with E-state index in [2.05, 4.69) is 65.7 Å². The Morgan fingerprint density at radius 2 is 1.52 bits per heavy atom. The Morgan fingerprint density at radius 3 is 2.16 bits per heavy atom. The fourth-order valence-corrected chi connectivity index (χ4v) is 4.05. The highest BCUT2D eigenvalue weighted by atomic mass is 19.1. The van der Waals surface area contributed by atoms with Gasteiger partial charge in [0, 0.05) is 31.9 Å². The molecule has 1 aliphatic rings. The van der Waals surface area contributed by atoms with Crippen molar-refractivity contribution in [2.75, 3.05) is 31.5 Å². The maximum absolute atomic E-state index is 13.8. The molecule has 4 rings (SSSR count). The number of piperazine rings is 1. The standard InChI is InChI=1S/C26H28FN3O/c1-19-8-11-22(12-9-19)25(21-6-4-3-5-7-21)29-14-16-30(17-15-29)26(31)28-23-13-10-20(2)24(27)18-23/h3-13,18,25H,14-17H2,1-2H3,(H,28,31)/t25-/m1/s1. The van der Waals surface area contributed by atoms with Crippen molar-refractivity contribution >= 4 is 11.7 Å². The second-order valence-corrected chi connectivity index (χ2v) is 8.14. The van der Waals surface area contributed by atoms with Crippen molar-refractivity contribution in [3.63, 3.8) is 0 Å². The zero-order valence-electron chi connectivity index (χ0n) is 18.0. The molecule has 1 heterocycles. The molecule has 1 fully saturated rings. The number of amides is 2. The summed E-state index contributed by atoms with van der Waals surface area (Å²) in [4.78, 5) is 16.9. The number of nitrogens with zero attached hydrogens (tertiary/aromatic N) is 2. The van der Waals surface area contributed by atoms with Gasteiger partial charge in [0.05, 0.1) is 6.04 Å². The van der Waals surface area contributed by atoms with Gasteiger partial charge in [0.2, 0.25) is 0 Å². The van der Waals surface area contributed by atoms with E-state index in [1.165, 1.54) is 22.8 Å². The molecule has 0 spiro atoms. The van der Waals surface area contributed by atoms with Crippen LogP contribution >= 0.6 is 0 Å². The van der Waals surface area contributed by atoms with Crippen molar-refractivity contribution in [2.24, 2.45) is 0 Å². The molecule has 160 valence electrons. The van der Waals surface area contributed by atoms with Gasteiger partial charge in [-0.05, 0) is 42.7 Å². The monoisotopic (exact) mass is 417 g/mol. The van der Waals surface area contributed by atoms with Gasteiger partial charge in [-0.2, -0.15) is 0 Å². The molecule has 1 N–H and O–H groups in total. The predicted molar refractivity (Wildman–Crippen MR) is 123 cm³/mol. The summed E-state index contributed by atoms with van der Waals surface area (Å²) in [6, 6.07) is 23.9. The molecule has 0 radical (unpaired) electrons. The third kappa shape index (κ3) is 4.94. The second kappa shape index (κ2) is 9.31. The van der Waals surface area contributed by atoms with E-state index in [0.29, 0.717) is 24.3 Å². The third-order valence-electron chi connectivity index (χ3n) is 5.90. The molecule has 0 saturated carbocycles. The molecule has 31 heavy (non-hydrogen) atoms. The molecule has 0 aromatic heterocycles. The van der Waals surface area contributed by atoms with Crippen LogP contribution in [-0.2, 0) is 0 Å². The lowest BCUT2D eigenvalue weighted by molar-refractivity contribution is 0.126. The van der Waals surface area contributed by atoms with Crippen LogP contribution in [0.2, 0.25) is 0 Å². The number of rotatable bonds is 4. The van der Waals surface area contributed by atoms with Crippen LogP contribution in [0.1, 0.15) is 28.3 Å². The molecule has 1 saturated heterocycles. The number of urea groups is 1. The maximum Gasteiger partial charge on any atom is 0.321 e. The molecule has 2 amide bonds. The Morgan fingerprint density at radius 1 is 0.871 bits per heavy atom. The molecular formula is C26H28FN3O. The predicted octanol–water partition coefficient (Wildman–Crippen LogP) is 5.38. The number of carbonyl (C=O) groups is 1. The van der Waals surface area contributed by atoms with Gasteiger partial charge in [-0.25, -0.2) is 9.18 Å². The summed E-state index contributed by atoms with van der Waals surface area (Å²) in [5.41, 5.74) is 4.79. The number of carbonyl (C=O) groups excluding carboxylic acids is 1. The number of aryl methyl sites for hydroxylation is 2. The van der Waals surface area contributed by atoms with Crippen molar-refractivity contribution in [3.05, 3.63) is 101 Å². The van der Waals surface area contributed by atoms with E-state index < -0.39 is 0 Å². The van der Waals surface area contributed by atoms with Gasteiger partial charge >= 0.3 is 6.03 Å². The summed E-state index contributed by atoms with van der Waals surface area (Å²) < 4.78 is 13.8. The van der Waals surface area contributed by atoms with Crippen LogP contribution < -0.4 is 5.32 Å². The molecular weight excluding hydrogens is 389 g/mol. The molecule has 0 bridgehead atoms. The SMILES string of the molecule is Cc1ccc([C@@H](c2ccccc2)N2CCN(C(=O)Nc3ccc(C)c(F)c3)CC2)cc1. The topological polar surface area (TPSA) is 35.6 Å². The third-order valence-corrected chi connectivity index (χ3v) is 5.90. The van der Waals surface area contributed by atoms with Gasteiger partial charge in [0.15, 0.2) is 0 Å². The highest BCUT2D eigenvalue weighted by Crippen LogP contribution is 2.30. The van der Waals surface area contributed by atoms with Crippen molar-refractivity contribution in [2.45, 2.75) is 19.9 Å². The summed E-state index contributed by atoms with van der Waals surface area (Å²) in [5.74, 6) is -0.313. The number of hydrogen-bond donors (Lipinski definition) is 1. The van der Waals surface area contributed by atoms with Crippen LogP contribution in [0.4, 0.5) is 14.9 Å². The molecule has 4 nitrogen and oxygen atoms in total. The number of halogens is 1. The van der Waals surface area contributed by atoms with Gasteiger partial charge in [0.25, 0.3) is 0 Å². The first-order valence-corrected chi connectivity index (χ1v) is 10.7. The van der Waals surface area contributed by atoms with Crippen LogP contribution in [0.15, 0.2) is 72.8 Å². The van der Waals surface area contributed by atoms with Gasteiger partial charge in [-0.3, -0.25) is 4.90 Å². The van der Waals surface area contributed by atoms with E-state index in [1.807, 2.05) is 6.07 Å². The van der Waals surface area contributed by atoms with E-state index >= 15 is 0 Å².